The summed E-state index contributed by atoms with van der Waals surface area (Å²) in [5, 5.41) is 1.20. The lowest BCUT2D eigenvalue weighted by Crippen LogP contribution is -2.51. The second-order valence-corrected chi connectivity index (χ2v) is 6.22. The van der Waals surface area contributed by atoms with E-state index in [1.807, 2.05) is 22.9 Å². The third kappa shape index (κ3) is 2.06. The van der Waals surface area contributed by atoms with E-state index in [2.05, 4.69) is 24.8 Å². The molecule has 1 fully saturated rings. The van der Waals surface area contributed by atoms with Gasteiger partial charge in [-0.05, 0) is 24.5 Å². The van der Waals surface area contributed by atoms with Gasteiger partial charge in [0.25, 0.3) is 0 Å². The van der Waals surface area contributed by atoms with E-state index in [4.69, 9.17) is 0 Å². The SMILES string of the molecule is CC1(C(=O)n2cc(CC[NH3+])c3ccccc32)CCCC1. The average molecular weight is 271 g/mol. The van der Waals surface area contributed by atoms with E-state index in [0.29, 0.717) is 0 Å². The first-order valence-electron chi connectivity index (χ1n) is 7.59. The van der Waals surface area contributed by atoms with Crippen LogP contribution >= 0.6 is 0 Å². The third-order valence-electron chi connectivity index (χ3n) is 4.68. The number of para-hydroxylation sites is 1. The molecule has 106 valence electrons. The van der Waals surface area contributed by atoms with Gasteiger partial charge in [-0.15, -0.1) is 0 Å². The average Bonchev–Trinajstić information content (AvgIpc) is 3.05. The lowest BCUT2D eigenvalue weighted by Gasteiger charge is -2.22. The highest BCUT2D eigenvalue weighted by Crippen LogP contribution is 2.40. The molecule has 3 N–H and O–H groups in total. The van der Waals surface area contributed by atoms with Gasteiger partial charge in [0.15, 0.2) is 0 Å². The minimum absolute atomic E-state index is 0.177. The van der Waals surface area contributed by atoms with Crippen molar-refractivity contribution in [3.63, 3.8) is 0 Å². The fraction of sp³-hybridized carbons (Fsp3) is 0.471. The summed E-state index contributed by atoms with van der Waals surface area (Å²) in [4.78, 5) is 12.9. The van der Waals surface area contributed by atoms with Crippen molar-refractivity contribution in [1.29, 1.82) is 0 Å². The molecular formula is C17H23N2O+. The van der Waals surface area contributed by atoms with E-state index < -0.39 is 0 Å². The Bertz CT molecular complexity index is 635. The number of nitrogens with zero attached hydrogens (tertiary/aromatic N) is 1. The maximum Gasteiger partial charge on any atom is 0.237 e. The van der Waals surface area contributed by atoms with Crippen molar-refractivity contribution in [1.82, 2.24) is 4.57 Å². The summed E-state index contributed by atoms with van der Waals surface area (Å²) in [7, 11) is 0. The summed E-state index contributed by atoms with van der Waals surface area (Å²) in [6.45, 7) is 2.98. The number of fused-ring (bicyclic) bond motifs is 1. The highest BCUT2D eigenvalue weighted by Gasteiger charge is 2.37. The molecule has 1 heterocycles. The van der Waals surface area contributed by atoms with Crippen molar-refractivity contribution < 1.29 is 10.5 Å². The normalized spacial score (nSPS) is 17.7. The van der Waals surface area contributed by atoms with Crippen LogP contribution in [0.5, 0.6) is 0 Å². The molecule has 0 atom stereocenters. The van der Waals surface area contributed by atoms with Gasteiger partial charge < -0.3 is 5.73 Å². The van der Waals surface area contributed by atoms with Crippen molar-refractivity contribution in [3.8, 4) is 0 Å². The van der Waals surface area contributed by atoms with E-state index in [0.717, 1.165) is 31.3 Å². The first-order chi connectivity index (χ1) is 9.65. The molecule has 3 heteroatoms. The highest BCUT2D eigenvalue weighted by atomic mass is 16.2. The predicted molar refractivity (Wildman–Crippen MR) is 80.6 cm³/mol. The molecule has 1 aromatic heterocycles. The minimum atomic E-state index is -0.177. The molecule has 20 heavy (non-hydrogen) atoms. The molecule has 0 amide bonds. The molecule has 0 saturated heterocycles. The second-order valence-electron chi connectivity index (χ2n) is 6.22. The van der Waals surface area contributed by atoms with Crippen LogP contribution < -0.4 is 5.73 Å². The minimum Gasteiger partial charge on any atom is -0.357 e. The van der Waals surface area contributed by atoms with E-state index in [1.165, 1.54) is 23.8 Å². The first kappa shape index (κ1) is 13.4. The van der Waals surface area contributed by atoms with E-state index in [9.17, 15) is 4.79 Å². The lowest BCUT2D eigenvalue weighted by atomic mass is 9.87. The summed E-state index contributed by atoms with van der Waals surface area (Å²) in [6.07, 6.45) is 7.35. The van der Waals surface area contributed by atoms with Crippen LogP contribution in [0.4, 0.5) is 0 Å². The number of quaternary nitrogens is 1. The van der Waals surface area contributed by atoms with Crippen LogP contribution in [-0.4, -0.2) is 17.0 Å². The standard InChI is InChI=1S/C17H22N2O/c1-17(9-4-5-10-17)16(20)19-12-13(8-11-18)14-6-2-3-7-15(14)19/h2-3,6-7,12H,4-5,8-11,18H2,1H3/p+1. The van der Waals surface area contributed by atoms with Gasteiger partial charge >= 0.3 is 0 Å². The van der Waals surface area contributed by atoms with Crippen LogP contribution in [0.25, 0.3) is 10.9 Å². The Morgan fingerprint density at radius 1 is 1.30 bits per heavy atom. The zero-order chi connectivity index (χ0) is 14.2. The van der Waals surface area contributed by atoms with Crippen LogP contribution in [0, 0.1) is 5.41 Å². The fourth-order valence-electron chi connectivity index (χ4n) is 3.47. The Labute approximate surface area is 119 Å². The molecule has 3 rings (SSSR count). The second kappa shape index (κ2) is 5.06. The van der Waals surface area contributed by atoms with Crippen molar-refractivity contribution in [3.05, 3.63) is 36.0 Å². The molecule has 1 aromatic carbocycles. The van der Waals surface area contributed by atoms with Crippen molar-refractivity contribution in [2.24, 2.45) is 5.41 Å². The number of aromatic nitrogens is 1. The molecule has 0 spiro atoms. The van der Waals surface area contributed by atoms with Crippen LogP contribution in [0.2, 0.25) is 0 Å². The van der Waals surface area contributed by atoms with E-state index in [-0.39, 0.29) is 11.3 Å². The molecule has 0 radical (unpaired) electrons. The first-order valence-corrected chi connectivity index (χ1v) is 7.59. The Kier molecular flexibility index (Phi) is 3.38. The lowest BCUT2D eigenvalue weighted by molar-refractivity contribution is -0.366. The molecular weight excluding hydrogens is 248 g/mol. The number of benzene rings is 1. The van der Waals surface area contributed by atoms with Crippen LogP contribution in [0.3, 0.4) is 0 Å². The van der Waals surface area contributed by atoms with E-state index in [1.54, 1.807) is 0 Å². The van der Waals surface area contributed by atoms with Crippen LogP contribution in [0.1, 0.15) is 43.0 Å². The van der Waals surface area contributed by atoms with Crippen molar-refractivity contribution in [2.45, 2.75) is 39.0 Å². The molecule has 1 aliphatic carbocycles. The molecule has 0 bridgehead atoms. The quantitative estimate of drug-likeness (QED) is 0.916. The van der Waals surface area contributed by atoms with Crippen molar-refractivity contribution in [2.75, 3.05) is 6.54 Å². The van der Waals surface area contributed by atoms with E-state index >= 15 is 0 Å². The summed E-state index contributed by atoms with van der Waals surface area (Å²) in [5.41, 5.74) is 6.05. The van der Waals surface area contributed by atoms with Crippen molar-refractivity contribution >= 4 is 16.8 Å². The number of rotatable bonds is 3. The zero-order valence-corrected chi connectivity index (χ0v) is 12.2. The van der Waals surface area contributed by atoms with Gasteiger partial charge in [0, 0.05) is 23.4 Å². The third-order valence-corrected chi connectivity index (χ3v) is 4.68. The van der Waals surface area contributed by atoms with Gasteiger partial charge in [-0.25, -0.2) is 0 Å². The predicted octanol–water partition coefficient (Wildman–Crippen LogP) is 2.65. The summed E-state index contributed by atoms with van der Waals surface area (Å²) >= 11 is 0. The molecule has 1 aliphatic rings. The van der Waals surface area contributed by atoms with Gasteiger partial charge in [-0.2, -0.15) is 0 Å². The number of hydrogen-bond donors (Lipinski definition) is 1. The Morgan fingerprint density at radius 3 is 2.70 bits per heavy atom. The van der Waals surface area contributed by atoms with Crippen LogP contribution in [0.15, 0.2) is 30.5 Å². The molecule has 1 saturated carbocycles. The summed E-state index contributed by atoms with van der Waals surface area (Å²) in [5.74, 6) is 0.265. The zero-order valence-electron chi connectivity index (χ0n) is 12.2. The molecule has 0 unspecified atom stereocenters. The van der Waals surface area contributed by atoms with Gasteiger partial charge in [0.2, 0.25) is 5.91 Å². The number of carbonyl (C=O) groups excluding carboxylic acids is 1. The van der Waals surface area contributed by atoms with Crippen LogP contribution in [-0.2, 0) is 6.42 Å². The molecule has 2 aromatic rings. The fourth-order valence-corrected chi connectivity index (χ4v) is 3.47. The molecule has 3 nitrogen and oxygen atoms in total. The largest absolute Gasteiger partial charge is 0.357 e. The maximum absolute atomic E-state index is 12.9. The monoisotopic (exact) mass is 271 g/mol. The van der Waals surface area contributed by atoms with Gasteiger partial charge in [0.1, 0.15) is 0 Å². The van der Waals surface area contributed by atoms with Gasteiger partial charge in [0.05, 0.1) is 12.1 Å². The Morgan fingerprint density at radius 2 is 2.00 bits per heavy atom. The Balaban J connectivity index is 2.09. The van der Waals surface area contributed by atoms with Gasteiger partial charge in [-0.1, -0.05) is 38.0 Å². The molecule has 0 aliphatic heterocycles. The summed E-state index contributed by atoms with van der Waals surface area (Å²) in [6, 6.07) is 8.22. The number of hydrogen-bond acceptors (Lipinski definition) is 1. The Hall–Kier alpha value is -1.61. The topological polar surface area (TPSA) is 49.6 Å². The smallest absolute Gasteiger partial charge is 0.237 e. The number of carbonyl (C=O) groups is 1. The maximum atomic E-state index is 12.9. The highest BCUT2D eigenvalue weighted by molar-refractivity contribution is 5.96. The van der Waals surface area contributed by atoms with Gasteiger partial charge in [-0.3, -0.25) is 9.36 Å². The summed E-state index contributed by atoms with van der Waals surface area (Å²) < 4.78 is 1.89.